The van der Waals surface area contributed by atoms with Crippen molar-refractivity contribution in [1.82, 2.24) is 9.78 Å². The standard InChI is InChI=1S/C19H21N3O.ClH/c1-15-7-8-18(23-14-16-5-3-2-4-6-16)11-19(15)17-12-21-22(13-17)10-9-20;/h2-8,11-13H,9-10,14,20H2,1H3;1H. The Bertz CT molecular complexity index is 771. The molecule has 2 N–H and O–H groups in total. The third-order valence-corrected chi connectivity index (χ3v) is 3.76. The predicted molar refractivity (Wildman–Crippen MR) is 99.5 cm³/mol. The van der Waals surface area contributed by atoms with Crippen LogP contribution in [0.4, 0.5) is 0 Å². The average Bonchev–Trinajstić information content (AvgIpc) is 3.04. The van der Waals surface area contributed by atoms with Crippen LogP contribution in [0.15, 0.2) is 60.9 Å². The zero-order valence-corrected chi connectivity index (χ0v) is 14.5. The molecule has 0 aliphatic heterocycles. The highest BCUT2D eigenvalue weighted by Crippen LogP contribution is 2.27. The van der Waals surface area contributed by atoms with Gasteiger partial charge in [0.05, 0.1) is 12.7 Å². The summed E-state index contributed by atoms with van der Waals surface area (Å²) in [7, 11) is 0. The van der Waals surface area contributed by atoms with E-state index in [4.69, 9.17) is 10.5 Å². The summed E-state index contributed by atoms with van der Waals surface area (Å²) in [6, 6.07) is 16.3. The second-order valence-corrected chi connectivity index (χ2v) is 5.53. The van der Waals surface area contributed by atoms with E-state index in [9.17, 15) is 0 Å². The van der Waals surface area contributed by atoms with Crippen molar-refractivity contribution in [3.63, 3.8) is 0 Å². The molecule has 0 amide bonds. The quantitative estimate of drug-likeness (QED) is 0.740. The van der Waals surface area contributed by atoms with Crippen LogP contribution in [-0.4, -0.2) is 16.3 Å². The van der Waals surface area contributed by atoms with Crippen LogP contribution < -0.4 is 10.5 Å². The highest BCUT2D eigenvalue weighted by atomic mass is 35.5. The Hall–Kier alpha value is -2.30. The van der Waals surface area contributed by atoms with Gasteiger partial charge in [0.2, 0.25) is 0 Å². The van der Waals surface area contributed by atoms with E-state index in [0.29, 0.717) is 13.2 Å². The van der Waals surface area contributed by atoms with Gasteiger partial charge in [-0.15, -0.1) is 12.4 Å². The van der Waals surface area contributed by atoms with E-state index in [1.165, 1.54) is 5.56 Å². The number of aromatic nitrogens is 2. The molecule has 2 aromatic carbocycles. The van der Waals surface area contributed by atoms with Gasteiger partial charge < -0.3 is 10.5 Å². The zero-order chi connectivity index (χ0) is 16.1. The number of hydrogen-bond acceptors (Lipinski definition) is 3. The maximum absolute atomic E-state index is 5.92. The summed E-state index contributed by atoms with van der Waals surface area (Å²) < 4.78 is 7.78. The summed E-state index contributed by atoms with van der Waals surface area (Å²) >= 11 is 0. The summed E-state index contributed by atoms with van der Waals surface area (Å²) in [6.07, 6.45) is 3.90. The molecular weight excluding hydrogens is 322 g/mol. The third-order valence-electron chi connectivity index (χ3n) is 3.76. The van der Waals surface area contributed by atoms with Crippen LogP contribution in [0, 0.1) is 6.92 Å². The van der Waals surface area contributed by atoms with E-state index < -0.39 is 0 Å². The van der Waals surface area contributed by atoms with Gasteiger partial charge in [0.1, 0.15) is 12.4 Å². The minimum absolute atomic E-state index is 0. The lowest BCUT2D eigenvalue weighted by Gasteiger charge is -2.10. The summed E-state index contributed by atoms with van der Waals surface area (Å²) in [5.41, 5.74) is 10.2. The first-order valence-electron chi connectivity index (χ1n) is 7.76. The van der Waals surface area contributed by atoms with E-state index >= 15 is 0 Å². The lowest BCUT2D eigenvalue weighted by molar-refractivity contribution is 0.306. The lowest BCUT2D eigenvalue weighted by Crippen LogP contribution is -2.09. The molecule has 0 unspecified atom stereocenters. The van der Waals surface area contributed by atoms with Gasteiger partial charge in [0, 0.05) is 18.3 Å². The second kappa shape index (κ2) is 8.52. The van der Waals surface area contributed by atoms with E-state index in [2.05, 4.69) is 36.3 Å². The van der Waals surface area contributed by atoms with Crippen LogP contribution in [0.3, 0.4) is 0 Å². The monoisotopic (exact) mass is 343 g/mol. The van der Waals surface area contributed by atoms with Crippen molar-refractivity contribution < 1.29 is 4.74 Å². The predicted octanol–water partition coefficient (Wildman–Crippen LogP) is 3.82. The molecule has 0 aliphatic carbocycles. The van der Waals surface area contributed by atoms with Gasteiger partial charge >= 0.3 is 0 Å². The van der Waals surface area contributed by atoms with Crippen molar-refractivity contribution in [2.24, 2.45) is 5.73 Å². The first kappa shape index (κ1) is 18.0. The Morgan fingerprint density at radius 1 is 1.12 bits per heavy atom. The molecule has 1 heterocycles. The van der Waals surface area contributed by atoms with Crippen LogP contribution in [0.2, 0.25) is 0 Å². The van der Waals surface area contributed by atoms with Crippen molar-refractivity contribution in [2.75, 3.05) is 6.54 Å². The van der Waals surface area contributed by atoms with Crippen LogP contribution in [0.5, 0.6) is 5.75 Å². The van der Waals surface area contributed by atoms with Crippen molar-refractivity contribution in [1.29, 1.82) is 0 Å². The molecule has 3 aromatic rings. The molecule has 0 bridgehead atoms. The maximum atomic E-state index is 5.92. The molecule has 0 spiro atoms. The first-order chi connectivity index (χ1) is 11.3. The molecule has 3 rings (SSSR count). The van der Waals surface area contributed by atoms with E-state index in [1.54, 1.807) is 0 Å². The highest BCUT2D eigenvalue weighted by molar-refractivity contribution is 5.85. The number of ether oxygens (including phenoxy) is 1. The van der Waals surface area contributed by atoms with Crippen molar-refractivity contribution in [2.45, 2.75) is 20.1 Å². The Morgan fingerprint density at radius 3 is 2.67 bits per heavy atom. The minimum atomic E-state index is 0. The number of benzene rings is 2. The number of halogens is 1. The number of nitrogens with two attached hydrogens (primary N) is 1. The fourth-order valence-electron chi connectivity index (χ4n) is 2.50. The maximum Gasteiger partial charge on any atom is 0.120 e. The zero-order valence-electron chi connectivity index (χ0n) is 13.7. The molecule has 0 saturated carbocycles. The Labute approximate surface area is 148 Å². The fraction of sp³-hybridized carbons (Fsp3) is 0.211. The third kappa shape index (κ3) is 4.37. The molecule has 5 heteroatoms. The number of rotatable bonds is 6. The van der Waals surface area contributed by atoms with Crippen molar-refractivity contribution >= 4 is 12.4 Å². The molecule has 0 saturated heterocycles. The van der Waals surface area contributed by atoms with Crippen LogP contribution in [0.25, 0.3) is 11.1 Å². The molecule has 0 aliphatic rings. The molecule has 24 heavy (non-hydrogen) atoms. The minimum Gasteiger partial charge on any atom is -0.489 e. The van der Waals surface area contributed by atoms with Gasteiger partial charge in [-0.1, -0.05) is 36.4 Å². The average molecular weight is 344 g/mol. The number of nitrogens with zero attached hydrogens (tertiary/aromatic N) is 2. The van der Waals surface area contributed by atoms with E-state index in [0.717, 1.165) is 29.0 Å². The largest absolute Gasteiger partial charge is 0.489 e. The van der Waals surface area contributed by atoms with Gasteiger partial charge in [0.15, 0.2) is 0 Å². The van der Waals surface area contributed by atoms with Gasteiger partial charge in [-0.3, -0.25) is 4.68 Å². The highest BCUT2D eigenvalue weighted by Gasteiger charge is 2.07. The molecule has 4 nitrogen and oxygen atoms in total. The normalized spacial score (nSPS) is 10.2. The van der Waals surface area contributed by atoms with Crippen molar-refractivity contribution in [3.8, 4) is 16.9 Å². The fourth-order valence-corrected chi connectivity index (χ4v) is 2.50. The summed E-state index contributed by atoms with van der Waals surface area (Å²) in [5, 5.41) is 4.34. The van der Waals surface area contributed by atoms with Crippen LogP contribution >= 0.6 is 12.4 Å². The number of aryl methyl sites for hydroxylation is 1. The molecule has 0 atom stereocenters. The van der Waals surface area contributed by atoms with Crippen LogP contribution in [-0.2, 0) is 13.2 Å². The summed E-state index contributed by atoms with van der Waals surface area (Å²) in [4.78, 5) is 0. The van der Waals surface area contributed by atoms with Gasteiger partial charge in [0.25, 0.3) is 0 Å². The second-order valence-electron chi connectivity index (χ2n) is 5.53. The van der Waals surface area contributed by atoms with E-state index in [-0.39, 0.29) is 12.4 Å². The summed E-state index contributed by atoms with van der Waals surface area (Å²) in [6.45, 7) is 3.97. The molecule has 0 fully saturated rings. The SMILES string of the molecule is Cc1ccc(OCc2ccccc2)cc1-c1cnn(CCN)c1.Cl. The Morgan fingerprint density at radius 2 is 1.92 bits per heavy atom. The summed E-state index contributed by atoms with van der Waals surface area (Å²) in [5.74, 6) is 0.862. The lowest BCUT2D eigenvalue weighted by atomic mass is 10.0. The van der Waals surface area contributed by atoms with Gasteiger partial charge in [-0.05, 0) is 35.7 Å². The molecule has 1 aromatic heterocycles. The van der Waals surface area contributed by atoms with Gasteiger partial charge in [-0.2, -0.15) is 5.10 Å². The van der Waals surface area contributed by atoms with Crippen molar-refractivity contribution in [3.05, 3.63) is 72.1 Å². The topological polar surface area (TPSA) is 53.1 Å². The molecule has 0 radical (unpaired) electrons. The van der Waals surface area contributed by atoms with E-state index in [1.807, 2.05) is 41.3 Å². The smallest absolute Gasteiger partial charge is 0.120 e. The number of hydrogen-bond donors (Lipinski definition) is 1. The molecular formula is C19H22ClN3O. The van der Waals surface area contributed by atoms with Gasteiger partial charge in [-0.25, -0.2) is 0 Å². The Kier molecular flexibility index (Phi) is 6.41. The first-order valence-corrected chi connectivity index (χ1v) is 7.76. The van der Waals surface area contributed by atoms with Crippen LogP contribution in [0.1, 0.15) is 11.1 Å². The Balaban J connectivity index is 0.00000208. The molecule has 126 valence electrons.